The molecule has 0 radical (unpaired) electrons. The lowest BCUT2D eigenvalue weighted by Gasteiger charge is -2.39. The van der Waals surface area contributed by atoms with Crippen molar-refractivity contribution in [1.29, 1.82) is 0 Å². The molecule has 5 heteroatoms. The predicted octanol–water partition coefficient (Wildman–Crippen LogP) is 9.97. The van der Waals surface area contributed by atoms with E-state index in [9.17, 15) is 0 Å². The average molecular weight is 676 g/mol. The maximum atomic E-state index is 15.7. The molecule has 1 atom stereocenters. The quantitative estimate of drug-likeness (QED) is 0.171. The topological polar surface area (TPSA) is 55.7 Å². The lowest BCUT2D eigenvalue weighted by Crippen LogP contribution is -2.42. The number of nitrogens with zero attached hydrogens (tertiary/aromatic N) is 3. The fraction of sp³-hybridized carbons (Fsp3) is 0.0652. The van der Waals surface area contributed by atoms with Crippen LogP contribution in [0.15, 0.2) is 170 Å². The molecule has 7 aromatic carbocycles. The van der Waals surface area contributed by atoms with Crippen molar-refractivity contribution in [3.8, 4) is 45.3 Å². The highest BCUT2D eigenvalue weighted by molar-refractivity contribution is 7.85. The van der Waals surface area contributed by atoms with Gasteiger partial charge in [0.25, 0.3) is 0 Å². The Labute approximate surface area is 297 Å². The molecule has 8 aromatic rings. The van der Waals surface area contributed by atoms with Crippen LogP contribution in [-0.4, -0.2) is 15.0 Å². The van der Waals surface area contributed by atoms with Gasteiger partial charge < -0.3 is 4.57 Å². The summed E-state index contributed by atoms with van der Waals surface area (Å²) in [6.07, 6.45) is 0. The summed E-state index contributed by atoms with van der Waals surface area (Å²) in [6, 6.07) is 57.6. The molecule has 9 rings (SSSR count). The smallest absolute Gasteiger partial charge is 0.171 e. The Morgan fingerprint density at radius 2 is 0.922 bits per heavy atom. The first-order valence-electron chi connectivity index (χ1n) is 17.2. The molecule has 1 unspecified atom stereocenters. The second kappa shape index (κ2) is 12.1. The van der Waals surface area contributed by atoms with Crippen LogP contribution in [0.5, 0.6) is 0 Å². The summed E-state index contributed by atoms with van der Waals surface area (Å²) in [6.45, 7) is 4.48. The maximum absolute atomic E-state index is 15.7. The van der Waals surface area contributed by atoms with Crippen LogP contribution in [0.2, 0.25) is 0 Å². The summed E-state index contributed by atoms with van der Waals surface area (Å²) >= 11 is 0. The monoisotopic (exact) mass is 675 g/mol. The molecule has 0 saturated carbocycles. The van der Waals surface area contributed by atoms with Crippen molar-refractivity contribution in [2.24, 2.45) is 0 Å². The number of rotatable bonds is 5. The van der Waals surface area contributed by atoms with E-state index in [1.165, 1.54) is 0 Å². The Balaban J connectivity index is 1.25. The summed E-state index contributed by atoms with van der Waals surface area (Å²) in [7, 11) is -3.19. The summed E-state index contributed by atoms with van der Waals surface area (Å²) in [4.78, 5) is 15.0. The van der Waals surface area contributed by atoms with E-state index in [1.54, 1.807) is 0 Å². The summed E-state index contributed by atoms with van der Waals surface area (Å²) in [5, 5.41) is 4.78. The number of hydrogen-bond acceptors (Lipinski definition) is 4. The van der Waals surface area contributed by atoms with Crippen LogP contribution in [0, 0.1) is 0 Å². The number of fused-ring (bicyclic) bond motifs is 3. The Morgan fingerprint density at radius 1 is 0.431 bits per heavy atom. The van der Waals surface area contributed by atoms with E-state index in [0.717, 1.165) is 65.6 Å². The first-order valence-corrected chi connectivity index (χ1v) is 18.9. The molecule has 0 amide bonds. The van der Waals surface area contributed by atoms with Crippen LogP contribution in [0.4, 0.5) is 0 Å². The van der Waals surface area contributed by atoms with Gasteiger partial charge in [-0.05, 0) is 45.2 Å². The van der Waals surface area contributed by atoms with Gasteiger partial charge in [0.1, 0.15) is 0 Å². The zero-order valence-electron chi connectivity index (χ0n) is 28.4. The SMILES string of the molecule is CC1(C)c2ccccc2P(=O)(c2ccccc2)c2cc(-c3ccc(-c4nc(-c5ccccc5)nc(-c5ccccc5)n4)c4ccccc34)ccc21. The van der Waals surface area contributed by atoms with Crippen LogP contribution in [0.25, 0.3) is 56.1 Å². The Morgan fingerprint density at radius 3 is 1.57 bits per heavy atom. The van der Waals surface area contributed by atoms with Gasteiger partial charge in [-0.2, -0.15) is 0 Å². The zero-order valence-corrected chi connectivity index (χ0v) is 29.3. The average Bonchev–Trinajstić information content (AvgIpc) is 3.20. The molecule has 1 aliphatic heterocycles. The minimum atomic E-state index is -3.19. The van der Waals surface area contributed by atoms with E-state index < -0.39 is 7.14 Å². The lowest BCUT2D eigenvalue weighted by molar-refractivity contribution is 0.586. The van der Waals surface area contributed by atoms with Crippen LogP contribution >= 0.6 is 7.14 Å². The van der Waals surface area contributed by atoms with E-state index in [1.807, 2.05) is 97.1 Å². The number of hydrogen-bond donors (Lipinski definition) is 0. The molecule has 0 bridgehead atoms. The van der Waals surface area contributed by atoms with Crippen molar-refractivity contribution >= 4 is 33.8 Å². The molecule has 1 aliphatic rings. The first-order chi connectivity index (χ1) is 24.9. The van der Waals surface area contributed by atoms with Crippen LogP contribution in [0.1, 0.15) is 25.0 Å². The van der Waals surface area contributed by atoms with Gasteiger partial charge in [-0.25, -0.2) is 15.0 Å². The fourth-order valence-electron chi connectivity index (χ4n) is 7.63. The van der Waals surface area contributed by atoms with Crippen molar-refractivity contribution in [3.63, 3.8) is 0 Å². The van der Waals surface area contributed by atoms with E-state index in [2.05, 4.69) is 86.6 Å². The molecular formula is C46H34N3OP. The second-order valence-electron chi connectivity index (χ2n) is 13.6. The van der Waals surface area contributed by atoms with Crippen molar-refractivity contribution in [2.75, 3.05) is 0 Å². The van der Waals surface area contributed by atoms with Crippen LogP contribution in [0.3, 0.4) is 0 Å². The van der Waals surface area contributed by atoms with Crippen LogP contribution in [-0.2, 0) is 9.98 Å². The van der Waals surface area contributed by atoms with E-state index >= 15 is 4.57 Å². The van der Waals surface area contributed by atoms with Gasteiger partial charge in [-0.3, -0.25) is 0 Å². The summed E-state index contributed by atoms with van der Waals surface area (Å²) in [5.41, 5.74) is 6.78. The van der Waals surface area contributed by atoms with Gasteiger partial charge in [0.15, 0.2) is 24.6 Å². The molecule has 0 aliphatic carbocycles. The normalized spacial score (nSPS) is 16.0. The van der Waals surface area contributed by atoms with Gasteiger partial charge in [-0.1, -0.05) is 172 Å². The highest BCUT2D eigenvalue weighted by atomic mass is 31.2. The highest BCUT2D eigenvalue weighted by Gasteiger charge is 2.44. The fourth-order valence-corrected chi connectivity index (χ4v) is 11.0. The Kier molecular flexibility index (Phi) is 7.38. The van der Waals surface area contributed by atoms with Gasteiger partial charge in [0.2, 0.25) is 0 Å². The zero-order chi connectivity index (χ0) is 34.6. The Hall–Kier alpha value is -5.96. The number of benzene rings is 7. The largest absolute Gasteiger partial charge is 0.309 e. The van der Waals surface area contributed by atoms with Gasteiger partial charge in [0.05, 0.1) is 0 Å². The minimum Gasteiger partial charge on any atom is -0.309 e. The molecule has 2 heterocycles. The molecular weight excluding hydrogens is 642 g/mol. The Bertz CT molecular complexity index is 2580. The molecule has 0 fully saturated rings. The van der Waals surface area contributed by atoms with Gasteiger partial charge >= 0.3 is 0 Å². The van der Waals surface area contributed by atoms with Crippen molar-refractivity contribution < 1.29 is 4.57 Å². The molecule has 4 nitrogen and oxygen atoms in total. The summed E-state index contributed by atoms with van der Waals surface area (Å²) in [5.74, 6) is 1.87. The predicted molar refractivity (Wildman–Crippen MR) is 211 cm³/mol. The third kappa shape index (κ3) is 5.06. The van der Waals surface area contributed by atoms with E-state index in [-0.39, 0.29) is 5.41 Å². The molecule has 0 spiro atoms. The van der Waals surface area contributed by atoms with Crippen molar-refractivity contribution in [3.05, 3.63) is 181 Å². The van der Waals surface area contributed by atoms with Crippen molar-refractivity contribution in [2.45, 2.75) is 19.3 Å². The van der Waals surface area contributed by atoms with Gasteiger partial charge in [-0.15, -0.1) is 0 Å². The maximum Gasteiger partial charge on any atom is 0.171 e. The third-order valence-corrected chi connectivity index (χ3v) is 13.4. The molecule has 0 saturated heterocycles. The van der Waals surface area contributed by atoms with Crippen LogP contribution < -0.4 is 15.9 Å². The van der Waals surface area contributed by atoms with Crippen molar-refractivity contribution in [1.82, 2.24) is 15.0 Å². The lowest BCUT2D eigenvalue weighted by atomic mass is 9.77. The second-order valence-corrected chi connectivity index (χ2v) is 16.3. The summed E-state index contributed by atoms with van der Waals surface area (Å²) < 4.78 is 15.7. The van der Waals surface area contributed by atoms with E-state index in [0.29, 0.717) is 17.5 Å². The highest BCUT2D eigenvalue weighted by Crippen LogP contribution is 2.53. The molecule has 51 heavy (non-hydrogen) atoms. The standard InChI is InChI=1S/C46H34N3OP/c1-46(2)39-24-14-15-25-41(39)51(50,34-20-10-5-11-21-34)42-30-33(26-29-40(42)46)35-27-28-38(37-23-13-12-22-36(35)37)45-48-43(31-16-6-3-7-17-31)47-44(49-45)32-18-8-4-9-19-32/h3-30H,1-2H3. The molecule has 0 N–H and O–H groups in total. The first kappa shape index (κ1) is 31.1. The van der Waals surface area contributed by atoms with Gasteiger partial charge in [0, 0.05) is 38.0 Å². The minimum absolute atomic E-state index is 0.315. The molecule has 244 valence electrons. The third-order valence-electron chi connectivity index (χ3n) is 10.2. The van der Waals surface area contributed by atoms with E-state index in [4.69, 9.17) is 15.0 Å². The molecule has 1 aromatic heterocycles. The number of aromatic nitrogens is 3.